The van der Waals surface area contributed by atoms with Crippen molar-refractivity contribution in [2.24, 2.45) is 5.10 Å². The third-order valence-corrected chi connectivity index (χ3v) is 5.11. The van der Waals surface area contributed by atoms with Gasteiger partial charge in [0.25, 0.3) is 5.91 Å². The van der Waals surface area contributed by atoms with Gasteiger partial charge in [-0.15, -0.1) is 0 Å². The zero-order valence-electron chi connectivity index (χ0n) is 14.2. The quantitative estimate of drug-likeness (QED) is 0.503. The number of carbonyl (C=O) groups excluding carboxylic acids is 1. The fourth-order valence-corrected chi connectivity index (χ4v) is 3.74. The third-order valence-electron chi connectivity index (χ3n) is 3.87. The molecule has 0 spiro atoms. The second-order valence-electron chi connectivity index (χ2n) is 5.82. The van der Waals surface area contributed by atoms with E-state index in [-0.39, 0.29) is 12.7 Å². The van der Waals surface area contributed by atoms with E-state index in [9.17, 15) is 4.79 Å². The molecule has 0 radical (unpaired) electrons. The summed E-state index contributed by atoms with van der Waals surface area (Å²) in [5.74, 6) is 0.796. The summed E-state index contributed by atoms with van der Waals surface area (Å²) in [7, 11) is 0. The third kappa shape index (κ3) is 3.81. The molecule has 138 valence electrons. The molecule has 0 unspecified atom stereocenters. The second kappa shape index (κ2) is 7.42. The molecule has 27 heavy (non-hydrogen) atoms. The normalized spacial score (nSPS) is 13.9. The molecule has 7 nitrogen and oxygen atoms in total. The number of aromatic nitrogens is 1. The summed E-state index contributed by atoms with van der Waals surface area (Å²) >= 11 is 7.62. The fraction of sp³-hybridized carbons (Fsp3) is 0.167. The van der Waals surface area contributed by atoms with E-state index in [4.69, 9.17) is 21.1 Å². The van der Waals surface area contributed by atoms with Gasteiger partial charge in [0.15, 0.2) is 16.6 Å². The van der Waals surface area contributed by atoms with Crippen LogP contribution >= 0.6 is 22.9 Å². The van der Waals surface area contributed by atoms with Gasteiger partial charge < -0.3 is 14.8 Å². The van der Waals surface area contributed by atoms with Crippen LogP contribution in [-0.4, -0.2) is 29.9 Å². The number of carbonyl (C=O) groups is 1. The van der Waals surface area contributed by atoms with E-state index >= 15 is 0 Å². The molecule has 0 saturated heterocycles. The van der Waals surface area contributed by atoms with Crippen LogP contribution in [0.3, 0.4) is 0 Å². The van der Waals surface area contributed by atoms with Gasteiger partial charge in [0.05, 0.1) is 21.5 Å². The Kier molecular flexibility index (Phi) is 4.83. The van der Waals surface area contributed by atoms with E-state index in [0.717, 1.165) is 10.2 Å². The van der Waals surface area contributed by atoms with Crippen molar-refractivity contribution in [2.75, 3.05) is 12.1 Å². The molecule has 9 heteroatoms. The Hall–Kier alpha value is -2.84. The summed E-state index contributed by atoms with van der Waals surface area (Å²) in [6, 6.07) is 10.7. The molecule has 0 bridgehead atoms. The van der Waals surface area contributed by atoms with Gasteiger partial charge in [0.1, 0.15) is 6.04 Å². The van der Waals surface area contributed by atoms with Crippen LogP contribution in [-0.2, 0) is 4.79 Å². The molecule has 3 aromatic rings. The minimum atomic E-state index is -0.497. The maximum Gasteiger partial charge on any atom is 0.262 e. The van der Waals surface area contributed by atoms with Crippen LogP contribution in [0.25, 0.3) is 10.2 Å². The zero-order valence-corrected chi connectivity index (χ0v) is 15.8. The molecule has 1 amide bonds. The maximum atomic E-state index is 12.2. The first kappa shape index (κ1) is 17.6. The molecular formula is C18H15ClN4O3S. The highest BCUT2D eigenvalue weighted by Crippen LogP contribution is 2.39. The lowest BCUT2D eigenvalue weighted by atomic mass is 10.2. The number of benzene rings is 2. The number of nitrogens with one attached hydrogen (secondary N) is 2. The highest BCUT2D eigenvalue weighted by Gasteiger charge is 2.18. The van der Waals surface area contributed by atoms with E-state index in [1.165, 1.54) is 17.6 Å². The first-order valence-electron chi connectivity index (χ1n) is 8.14. The lowest BCUT2D eigenvalue weighted by Gasteiger charge is -2.10. The van der Waals surface area contributed by atoms with Crippen molar-refractivity contribution in [3.63, 3.8) is 0 Å². The van der Waals surface area contributed by atoms with Crippen LogP contribution in [0.2, 0.25) is 5.02 Å². The number of anilines is 1. The number of halogens is 1. The molecule has 1 aromatic heterocycles. The maximum absolute atomic E-state index is 12.2. The van der Waals surface area contributed by atoms with Crippen molar-refractivity contribution in [1.82, 2.24) is 10.4 Å². The van der Waals surface area contributed by atoms with Crippen molar-refractivity contribution in [3.05, 3.63) is 47.0 Å². The number of para-hydroxylation sites is 1. The summed E-state index contributed by atoms with van der Waals surface area (Å²) in [5, 5.41) is 8.18. The van der Waals surface area contributed by atoms with Crippen LogP contribution in [0.1, 0.15) is 12.5 Å². The Morgan fingerprint density at radius 1 is 1.37 bits per heavy atom. The molecule has 0 fully saturated rings. The Morgan fingerprint density at radius 3 is 3.07 bits per heavy atom. The summed E-state index contributed by atoms with van der Waals surface area (Å²) in [6.45, 7) is 1.88. The van der Waals surface area contributed by atoms with Crippen LogP contribution in [0.5, 0.6) is 11.5 Å². The number of rotatable bonds is 5. The largest absolute Gasteiger partial charge is 0.454 e. The Morgan fingerprint density at radius 2 is 2.22 bits per heavy atom. The first-order valence-corrected chi connectivity index (χ1v) is 9.34. The van der Waals surface area contributed by atoms with Crippen LogP contribution < -0.4 is 20.2 Å². The van der Waals surface area contributed by atoms with Gasteiger partial charge in [-0.25, -0.2) is 10.4 Å². The zero-order chi connectivity index (χ0) is 18.8. The smallest absolute Gasteiger partial charge is 0.262 e. The average Bonchev–Trinajstić information content (AvgIpc) is 3.27. The minimum Gasteiger partial charge on any atom is -0.454 e. The van der Waals surface area contributed by atoms with E-state index in [1.54, 1.807) is 19.1 Å². The molecule has 0 saturated carbocycles. The first-order chi connectivity index (χ1) is 13.1. The van der Waals surface area contributed by atoms with Gasteiger partial charge in [-0.05, 0) is 36.8 Å². The fourth-order valence-electron chi connectivity index (χ4n) is 2.51. The van der Waals surface area contributed by atoms with E-state index < -0.39 is 6.04 Å². The van der Waals surface area contributed by atoms with E-state index in [2.05, 4.69) is 20.8 Å². The highest BCUT2D eigenvalue weighted by atomic mass is 35.5. The SMILES string of the molecule is C[C@H](Nc1nc2ccccc2s1)C(=O)N/N=C\c1cc(Cl)c2c(c1)OCO2. The summed E-state index contributed by atoms with van der Waals surface area (Å²) in [4.78, 5) is 16.7. The number of thiazole rings is 1. The number of nitrogens with zero attached hydrogens (tertiary/aromatic N) is 2. The van der Waals surface area contributed by atoms with Gasteiger partial charge in [0, 0.05) is 0 Å². The molecule has 2 heterocycles. The highest BCUT2D eigenvalue weighted by molar-refractivity contribution is 7.22. The van der Waals surface area contributed by atoms with Crippen molar-refractivity contribution in [1.29, 1.82) is 0 Å². The number of fused-ring (bicyclic) bond motifs is 2. The van der Waals surface area contributed by atoms with Gasteiger partial charge in [-0.3, -0.25) is 4.79 Å². The molecular weight excluding hydrogens is 388 g/mol. The molecule has 2 aromatic carbocycles. The lowest BCUT2D eigenvalue weighted by Crippen LogP contribution is -2.34. The predicted octanol–water partition coefficient (Wildman–Crippen LogP) is 3.63. The Labute approximate surface area is 164 Å². The summed E-state index contributed by atoms with van der Waals surface area (Å²) < 4.78 is 11.6. The van der Waals surface area contributed by atoms with Gasteiger partial charge in [0.2, 0.25) is 6.79 Å². The van der Waals surface area contributed by atoms with Gasteiger partial charge >= 0.3 is 0 Å². The van der Waals surface area contributed by atoms with Gasteiger partial charge in [-0.2, -0.15) is 5.10 Å². The number of amides is 1. The minimum absolute atomic E-state index is 0.140. The number of hydrogen-bond donors (Lipinski definition) is 2. The standard InChI is InChI=1S/C18H15ClN4O3S/c1-10(21-18-22-13-4-2-3-5-15(13)27-18)17(24)23-20-8-11-6-12(19)16-14(7-11)25-9-26-16/h2-8,10H,9H2,1H3,(H,21,22)(H,23,24)/b20-8-/t10-/m0/s1. The van der Waals surface area contributed by atoms with Crippen LogP contribution in [0.15, 0.2) is 41.5 Å². The number of hydrogen-bond acceptors (Lipinski definition) is 7. The van der Waals surface area contributed by atoms with Crippen molar-refractivity contribution >= 4 is 50.4 Å². The monoisotopic (exact) mass is 402 g/mol. The molecule has 1 atom stereocenters. The molecule has 2 N–H and O–H groups in total. The lowest BCUT2D eigenvalue weighted by molar-refractivity contribution is -0.121. The molecule has 4 rings (SSSR count). The van der Waals surface area contributed by atoms with Crippen LogP contribution in [0.4, 0.5) is 5.13 Å². The summed E-state index contributed by atoms with van der Waals surface area (Å²) in [5.41, 5.74) is 4.09. The van der Waals surface area contributed by atoms with E-state index in [1.807, 2.05) is 24.3 Å². The molecule has 1 aliphatic rings. The van der Waals surface area contributed by atoms with Crippen molar-refractivity contribution in [3.8, 4) is 11.5 Å². The Balaban J connectivity index is 1.37. The van der Waals surface area contributed by atoms with Crippen LogP contribution in [0, 0.1) is 0 Å². The number of hydrazone groups is 1. The average molecular weight is 403 g/mol. The van der Waals surface area contributed by atoms with E-state index in [0.29, 0.717) is 27.2 Å². The molecule has 0 aliphatic carbocycles. The Bertz CT molecular complexity index is 1000. The number of ether oxygens (including phenoxy) is 2. The topological polar surface area (TPSA) is 84.8 Å². The second-order valence-corrected chi connectivity index (χ2v) is 7.26. The van der Waals surface area contributed by atoms with Gasteiger partial charge in [-0.1, -0.05) is 35.1 Å². The predicted molar refractivity (Wildman–Crippen MR) is 106 cm³/mol. The summed E-state index contributed by atoms with van der Waals surface area (Å²) in [6.07, 6.45) is 1.50. The molecule has 1 aliphatic heterocycles. The van der Waals surface area contributed by atoms with Crippen molar-refractivity contribution < 1.29 is 14.3 Å². The van der Waals surface area contributed by atoms with Crippen molar-refractivity contribution in [2.45, 2.75) is 13.0 Å².